The van der Waals surface area contributed by atoms with Crippen LogP contribution in [0.15, 0.2) is 59.3 Å². The topological polar surface area (TPSA) is 172 Å². The van der Waals surface area contributed by atoms with Crippen molar-refractivity contribution >= 4 is 53.0 Å². The Balaban J connectivity index is 0.000000198. The van der Waals surface area contributed by atoms with E-state index in [2.05, 4.69) is 25.1 Å². The van der Waals surface area contributed by atoms with Crippen molar-refractivity contribution < 1.29 is 26.7 Å². The molecule has 6 rings (SSSR count). The number of para-hydroxylation sites is 2. The molecule has 2 aliphatic carbocycles. The quantitative estimate of drug-likeness (QED) is 0.103. The van der Waals surface area contributed by atoms with Gasteiger partial charge in [0, 0.05) is 47.1 Å². The van der Waals surface area contributed by atoms with Crippen LogP contribution in [-0.2, 0) is 20.0 Å². The molecule has 16 heteroatoms. The summed E-state index contributed by atoms with van der Waals surface area (Å²) in [6.45, 7) is 1.07. The van der Waals surface area contributed by atoms with Crippen LogP contribution in [0.1, 0.15) is 51.4 Å². The summed E-state index contributed by atoms with van der Waals surface area (Å²) >= 11 is 3.14. The van der Waals surface area contributed by atoms with E-state index in [-0.39, 0.29) is 5.75 Å². The molecule has 0 saturated heterocycles. The summed E-state index contributed by atoms with van der Waals surface area (Å²) in [5.41, 5.74) is 3.43. The van der Waals surface area contributed by atoms with E-state index in [1.807, 2.05) is 47.2 Å². The lowest BCUT2D eigenvalue weighted by molar-refractivity contribution is 0.337. The monoisotopic (exact) mass is 776 g/mol. The zero-order chi connectivity index (χ0) is 36.4. The molecule has 2 aliphatic rings. The van der Waals surface area contributed by atoms with Crippen molar-refractivity contribution in [2.75, 3.05) is 43.3 Å². The minimum absolute atomic E-state index is 0.234. The number of hydrogen-bond donors (Lipinski definition) is 5. The summed E-state index contributed by atoms with van der Waals surface area (Å²) in [5.74, 6) is 1.88. The van der Waals surface area contributed by atoms with Crippen molar-refractivity contribution in [1.29, 1.82) is 0 Å². The summed E-state index contributed by atoms with van der Waals surface area (Å²) in [6.07, 6.45) is 10.5. The number of hydrogen-bond acceptors (Lipinski definition) is 12. The number of phenols is 1. The summed E-state index contributed by atoms with van der Waals surface area (Å²) in [7, 11) is -4.54. The third-order valence-corrected chi connectivity index (χ3v) is 12.1. The number of methoxy groups -OCH3 is 1. The number of anilines is 2. The Hall–Kier alpha value is -3.28. The van der Waals surface area contributed by atoms with Gasteiger partial charge >= 0.3 is 0 Å². The number of ether oxygens (including phenoxy) is 1. The molecule has 2 aromatic heterocycles. The Kier molecular flexibility index (Phi) is 13.7. The van der Waals surface area contributed by atoms with Gasteiger partial charge in [0.15, 0.2) is 10.3 Å². The van der Waals surface area contributed by atoms with Crippen molar-refractivity contribution in [1.82, 2.24) is 19.4 Å². The van der Waals surface area contributed by atoms with Crippen LogP contribution in [0.25, 0.3) is 22.5 Å². The molecule has 51 heavy (non-hydrogen) atoms. The van der Waals surface area contributed by atoms with Gasteiger partial charge in [0.25, 0.3) is 0 Å². The maximum absolute atomic E-state index is 11.2. The van der Waals surface area contributed by atoms with Gasteiger partial charge in [-0.1, -0.05) is 24.3 Å². The van der Waals surface area contributed by atoms with Crippen molar-refractivity contribution in [2.45, 2.75) is 63.5 Å². The molecule has 0 amide bonds. The highest BCUT2D eigenvalue weighted by Crippen LogP contribution is 2.35. The van der Waals surface area contributed by atoms with E-state index in [1.165, 1.54) is 23.8 Å². The Labute approximate surface area is 309 Å². The Morgan fingerprint density at radius 2 is 1.12 bits per heavy atom. The van der Waals surface area contributed by atoms with E-state index < -0.39 is 20.0 Å². The number of nitrogens with one attached hydrogen (secondary N) is 4. The van der Waals surface area contributed by atoms with Gasteiger partial charge in [-0.15, -0.1) is 22.7 Å². The number of aromatic nitrogens is 2. The fourth-order valence-electron chi connectivity index (χ4n) is 6.38. The third kappa shape index (κ3) is 12.4. The van der Waals surface area contributed by atoms with Crippen LogP contribution in [0.3, 0.4) is 0 Å². The second kappa shape index (κ2) is 18.0. The van der Waals surface area contributed by atoms with Crippen molar-refractivity contribution in [2.24, 2.45) is 11.8 Å². The molecular formula is C35H48N6O6S4. The van der Waals surface area contributed by atoms with Crippen LogP contribution in [0.2, 0.25) is 0 Å². The molecule has 0 radical (unpaired) electrons. The predicted molar refractivity (Wildman–Crippen MR) is 208 cm³/mol. The molecule has 2 aromatic carbocycles. The van der Waals surface area contributed by atoms with Gasteiger partial charge in [0.05, 0.1) is 31.0 Å². The average Bonchev–Trinajstić information content (AvgIpc) is 3.77. The lowest BCUT2D eigenvalue weighted by atomic mass is 9.86. The number of aromatic hydroxyl groups is 1. The number of sulfonamides is 2. The number of rotatable bonds is 13. The SMILES string of the molecule is COc1ccccc1-c1csc(NC2CCC(CNS(C)(=O)=O)CC2)n1.CS(=O)(=O)NCC1CCC(Nc2nc(-c3ccccc3O)cs2)CC1. The molecule has 0 spiro atoms. The standard InChI is InChI=1S/C18H25N3O3S2.C17H23N3O3S2/c1-24-17-6-4-3-5-15(17)16-12-25-18(21-16)20-14-9-7-13(8-10-14)11-19-26(2,22)23;1-25(22,23)18-10-12-6-8-13(9-7-12)19-17-20-15(11-24-17)14-4-2-3-5-16(14)21/h3-6,12-14,19H,7-11H2,1-2H3,(H,20,21);2-5,11-13,18,21H,6-10H2,1H3,(H,19,20). The van der Waals surface area contributed by atoms with Gasteiger partial charge in [0.2, 0.25) is 20.0 Å². The zero-order valence-corrected chi connectivity index (χ0v) is 32.4. The smallest absolute Gasteiger partial charge is 0.208 e. The van der Waals surface area contributed by atoms with Gasteiger partial charge < -0.3 is 20.5 Å². The van der Waals surface area contributed by atoms with Crippen LogP contribution >= 0.6 is 22.7 Å². The summed E-state index contributed by atoms with van der Waals surface area (Å²) < 4.78 is 55.4. The molecule has 0 atom stereocenters. The first kappa shape index (κ1) is 38.9. The lowest BCUT2D eigenvalue weighted by Gasteiger charge is -2.28. The molecule has 2 fully saturated rings. The zero-order valence-electron chi connectivity index (χ0n) is 29.2. The van der Waals surface area contributed by atoms with Crippen LogP contribution in [0.4, 0.5) is 10.3 Å². The highest BCUT2D eigenvalue weighted by Gasteiger charge is 2.24. The van der Waals surface area contributed by atoms with E-state index in [9.17, 15) is 21.9 Å². The first-order chi connectivity index (χ1) is 24.3. The van der Waals surface area contributed by atoms with Crippen LogP contribution in [0, 0.1) is 11.8 Å². The van der Waals surface area contributed by atoms with E-state index in [0.29, 0.717) is 37.0 Å². The molecule has 2 heterocycles. The summed E-state index contributed by atoms with van der Waals surface area (Å²) in [5, 5.41) is 22.7. The molecule has 278 valence electrons. The number of thiazole rings is 2. The molecule has 0 bridgehead atoms. The second-order valence-corrected chi connectivity index (χ2v) is 18.6. The normalized spacial score (nSPS) is 20.9. The molecule has 0 unspecified atom stereocenters. The molecule has 0 aliphatic heterocycles. The van der Waals surface area contributed by atoms with Crippen molar-refractivity contribution in [3.8, 4) is 34.0 Å². The third-order valence-electron chi connectivity index (χ3n) is 9.19. The van der Waals surface area contributed by atoms with E-state index in [4.69, 9.17) is 9.72 Å². The van der Waals surface area contributed by atoms with Crippen LogP contribution in [0.5, 0.6) is 11.5 Å². The summed E-state index contributed by atoms with van der Waals surface area (Å²) in [4.78, 5) is 9.29. The highest BCUT2D eigenvalue weighted by molar-refractivity contribution is 7.89. The van der Waals surface area contributed by atoms with Crippen molar-refractivity contribution in [3.63, 3.8) is 0 Å². The average molecular weight is 777 g/mol. The highest BCUT2D eigenvalue weighted by atomic mass is 32.2. The van der Waals surface area contributed by atoms with Crippen LogP contribution < -0.4 is 24.8 Å². The maximum atomic E-state index is 11.2. The van der Waals surface area contributed by atoms with Gasteiger partial charge in [-0.05, 0) is 87.5 Å². The fourth-order valence-corrected chi connectivity index (χ4v) is 9.04. The molecule has 5 N–H and O–H groups in total. The van der Waals surface area contributed by atoms with E-state index >= 15 is 0 Å². The Bertz CT molecular complexity index is 1920. The second-order valence-electron chi connectivity index (χ2n) is 13.3. The van der Waals surface area contributed by atoms with Gasteiger partial charge in [-0.2, -0.15) is 0 Å². The summed E-state index contributed by atoms with van der Waals surface area (Å²) in [6, 6.07) is 15.8. The van der Waals surface area contributed by atoms with Crippen molar-refractivity contribution in [3.05, 3.63) is 59.3 Å². The number of benzene rings is 2. The van der Waals surface area contributed by atoms with Gasteiger partial charge in [-0.3, -0.25) is 0 Å². The van der Waals surface area contributed by atoms with Gasteiger partial charge in [0.1, 0.15) is 11.5 Å². The molecular weight excluding hydrogens is 729 g/mol. The van der Waals surface area contributed by atoms with Crippen LogP contribution in [-0.4, -0.2) is 76.7 Å². The number of nitrogens with zero attached hydrogens (tertiary/aromatic N) is 2. The predicted octanol–water partition coefficient (Wildman–Crippen LogP) is 6.37. The Morgan fingerprint density at radius 3 is 1.57 bits per heavy atom. The molecule has 12 nitrogen and oxygen atoms in total. The number of phenolic OH excluding ortho intramolecular Hbond substituents is 1. The first-order valence-corrected chi connectivity index (χ1v) is 22.6. The lowest BCUT2D eigenvalue weighted by Crippen LogP contribution is -2.33. The fraction of sp³-hybridized carbons (Fsp3) is 0.486. The molecule has 4 aromatic rings. The molecule has 2 saturated carbocycles. The van der Waals surface area contributed by atoms with Gasteiger partial charge in [-0.25, -0.2) is 36.2 Å². The largest absolute Gasteiger partial charge is 0.507 e. The maximum Gasteiger partial charge on any atom is 0.208 e. The minimum Gasteiger partial charge on any atom is -0.507 e. The van der Waals surface area contributed by atoms with E-state index in [1.54, 1.807) is 30.6 Å². The van der Waals surface area contributed by atoms with E-state index in [0.717, 1.165) is 89.9 Å². The minimum atomic E-state index is -3.11. The first-order valence-electron chi connectivity index (χ1n) is 17.1. The Morgan fingerprint density at radius 1 is 0.686 bits per heavy atom.